The van der Waals surface area contributed by atoms with Crippen LogP contribution in [0.2, 0.25) is 0 Å². The van der Waals surface area contributed by atoms with Crippen LogP contribution in [0.1, 0.15) is 9.75 Å². The van der Waals surface area contributed by atoms with Gasteiger partial charge in [-0.2, -0.15) is 0 Å². The standard InChI is InChI=1S/C15H19FN2S/c1-12-6-7-15(19-12)11-17-8-9-18(2)14-5-3-4-13(16)10-14/h3-7,10,17H,8-9,11H2,1-2H3. The van der Waals surface area contributed by atoms with Crippen LogP contribution in [0.3, 0.4) is 0 Å². The van der Waals surface area contributed by atoms with Gasteiger partial charge in [0.05, 0.1) is 0 Å². The molecule has 0 aliphatic carbocycles. The number of hydrogen-bond acceptors (Lipinski definition) is 3. The van der Waals surface area contributed by atoms with Crippen molar-refractivity contribution in [3.05, 3.63) is 52.0 Å². The second kappa shape index (κ2) is 6.68. The topological polar surface area (TPSA) is 15.3 Å². The predicted molar refractivity (Wildman–Crippen MR) is 80.4 cm³/mol. The quantitative estimate of drug-likeness (QED) is 0.815. The third kappa shape index (κ3) is 4.33. The van der Waals surface area contributed by atoms with Gasteiger partial charge in [0.15, 0.2) is 0 Å². The van der Waals surface area contributed by atoms with E-state index in [0.717, 1.165) is 25.3 Å². The highest BCUT2D eigenvalue weighted by Crippen LogP contribution is 2.15. The lowest BCUT2D eigenvalue weighted by Crippen LogP contribution is -2.28. The van der Waals surface area contributed by atoms with Crippen molar-refractivity contribution < 1.29 is 4.39 Å². The van der Waals surface area contributed by atoms with Gasteiger partial charge in [-0.15, -0.1) is 11.3 Å². The molecule has 19 heavy (non-hydrogen) atoms. The Bertz CT molecular complexity index is 524. The van der Waals surface area contributed by atoms with Crippen LogP contribution in [-0.4, -0.2) is 20.1 Å². The van der Waals surface area contributed by atoms with Crippen molar-refractivity contribution in [2.75, 3.05) is 25.0 Å². The van der Waals surface area contributed by atoms with E-state index in [1.807, 2.05) is 24.5 Å². The highest BCUT2D eigenvalue weighted by atomic mass is 32.1. The van der Waals surface area contributed by atoms with Crippen molar-refractivity contribution in [2.45, 2.75) is 13.5 Å². The molecule has 1 aromatic heterocycles. The Morgan fingerprint density at radius 2 is 2.11 bits per heavy atom. The van der Waals surface area contributed by atoms with Gasteiger partial charge in [-0.05, 0) is 37.3 Å². The second-order valence-electron chi connectivity index (χ2n) is 4.59. The van der Waals surface area contributed by atoms with Crippen molar-refractivity contribution in [1.29, 1.82) is 0 Å². The number of rotatable bonds is 6. The molecule has 0 saturated heterocycles. The van der Waals surface area contributed by atoms with E-state index in [2.05, 4.69) is 29.3 Å². The summed E-state index contributed by atoms with van der Waals surface area (Å²) in [5.74, 6) is -0.189. The maximum atomic E-state index is 13.1. The molecule has 0 aliphatic heterocycles. The average Bonchev–Trinajstić information content (AvgIpc) is 2.80. The first-order valence-corrected chi connectivity index (χ1v) is 7.19. The molecule has 0 radical (unpaired) electrons. The van der Waals surface area contributed by atoms with Gasteiger partial charge in [0.1, 0.15) is 5.82 Å². The first-order chi connectivity index (χ1) is 9.15. The van der Waals surface area contributed by atoms with E-state index in [1.165, 1.54) is 15.8 Å². The summed E-state index contributed by atoms with van der Waals surface area (Å²) in [7, 11) is 1.98. The molecule has 0 unspecified atom stereocenters. The number of thiophene rings is 1. The monoisotopic (exact) mass is 278 g/mol. The van der Waals surface area contributed by atoms with Crippen LogP contribution in [0, 0.1) is 12.7 Å². The molecule has 1 heterocycles. The molecule has 0 atom stereocenters. The van der Waals surface area contributed by atoms with Crippen LogP contribution in [-0.2, 0) is 6.54 Å². The third-order valence-electron chi connectivity index (χ3n) is 2.97. The van der Waals surface area contributed by atoms with E-state index >= 15 is 0 Å². The Morgan fingerprint density at radius 1 is 1.26 bits per heavy atom. The molecule has 0 amide bonds. The van der Waals surface area contributed by atoms with Crippen LogP contribution in [0.25, 0.3) is 0 Å². The van der Waals surface area contributed by atoms with Crippen LogP contribution in [0.15, 0.2) is 36.4 Å². The minimum atomic E-state index is -0.189. The van der Waals surface area contributed by atoms with E-state index in [1.54, 1.807) is 12.1 Å². The summed E-state index contributed by atoms with van der Waals surface area (Å²) in [6, 6.07) is 11.0. The molecule has 1 aromatic carbocycles. The Morgan fingerprint density at radius 3 is 2.79 bits per heavy atom. The number of aryl methyl sites for hydroxylation is 1. The van der Waals surface area contributed by atoms with Gasteiger partial charge in [0.25, 0.3) is 0 Å². The fraction of sp³-hybridized carbons (Fsp3) is 0.333. The minimum Gasteiger partial charge on any atom is -0.373 e. The first-order valence-electron chi connectivity index (χ1n) is 6.38. The molecule has 2 aromatic rings. The highest BCUT2D eigenvalue weighted by Gasteiger charge is 2.02. The van der Waals surface area contributed by atoms with Crippen molar-refractivity contribution >= 4 is 17.0 Å². The Kier molecular flexibility index (Phi) is 4.93. The Labute approximate surface area is 117 Å². The number of nitrogens with one attached hydrogen (secondary N) is 1. The first kappa shape index (κ1) is 14.0. The van der Waals surface area contributed by atoms with E-state index in [-0.39, 0.29) is 5.82 Å². The van der Waals surface area contributed by atoms with Gasteiger partial charge < -0.3 is 10.2 Å². The molecule has 0 fully saturated rings. The predicted octanol–water partition coefficient (Wildman–Crippen LogP) is 3.42. The average molecular weight is 278 g/mol. The lowest BCUT2D eigenvalue weighted by molar-refractivity contribution is 0.626. The molecule has 0 aliphatic rings. The zero-order chi connectivity index (χ0) is 13.7. The molecule has 2 rings (SSSR count). The number of halogens is 1. The molecule has 2 nitrogen and oxygen atoms in total. The number of hydrogen-bond donors (Lipinski definition) is 1. The van der Waals surface area contributed by atoms with Gasteiger partial charge in [-0.1, -0.05) is 6.07 Å². The normalized spacial score (nSPS) is 10.7. The zero-order valence-corrected chi connectivity index (χ0v) is 12.1. The number of benzene rings is 1. The summed E-state index contributed by atoms with van der Waals surface area (Å²) in [4.78, 5) is 4.75. The highest BCUT2D eigenvalue weighted by molar-refractivity contribution is 7.11. The second-order valence-corrected chi connectivity index (χ2v) is 5.96. The molecule has 0 spiro atoms. The van der Waals surface area contributed by atoms with Gasteiger partial charge in [-0.25, -0.2) is 4.39 Å². The van der Waals surface area contributed by atoms with Crippen molar-refractivity contribution in [2.24, 2.45) is 0 Å². The molecular weight excluding hydrogens is 259 g/mol. The minimum absolute atomic E-state index is 0.189. The summed E-state index contributed by atoms with van der Waals surface area (Å²) in [6.45, 7) is 4.75. The van der Waals surface area contributed by atoms with Crippen LogP contribution in [0.5, 0.6) is 0 Å². The fourth-order valence-electron chi connectivity index (χ4n) is 1.88. The zero-order valence-electron chi connectivity index (χ0n) is 11.3. The molecule has 1 N–H and O–H groups in total. The van der Waals surface area contributed by atoms with E-state index in [0.29, 0.717) is 0 Å². The number of likely N-dealkylation sites (N-methyl/N-ethyl adjacent to an activating group) is 1. The Hall–Kier alpha value is -1.39. The van der Waals surface area contributed by atoms with Gasteiger partial charge >= 0.3 is 0 Å². The summed E-state index contributed by atoms with van der Waals surface area (Å²) in [6.07, 6.45) is 0. The summed E-state index contributed by atoms with van der Waals surface area (Å²) < 4.78 is 13.1. The van der Waals surface area contributed by atoms with E-state index in [9.17, 15) is 4.39 Å². The summed E-state index contributed by atoms with van der Waals surface area (Å²) in [5, 5.41) is 3.41. The SMILES string of the molecule is Cc1ccc(CNCCN(C)c2cccc(F)c2)s1. The maximum Gasteiger partial charge on any atom is 0.125 e. The van der Waals surface area contributed by atoms with Gasteiger partial charge in [0, 0.05) is 42.1 Å². The maximum absolute atomic E-state index is 13.1. The van der Waals surface area contributed by atoms with Crippen molar-refractivity contribution in [3.8, 4) is 0 Å². The van der Waals surface area contributed by atoms with Gasteiger partial charge in [0.2, 0.25) is 0 Å². The molecule has 102 valence electrons. The van der Waals surface area contributed by atoms with Crippen LogP contribution >= 0.6 is 11.3 Å². The summed E-state index contributed by atoms with van der Waals surface area (Å²) in [5.41, 5.74) is 0.911. The van der Waals surface area contributed by atoms with Crippen molar-refractivity contribution in [1.82, 2.24) is 5.32 Å². The van der Waals surface area contributed by atoms with E-state index < -0.39 is 0 Å². The lowest BCUT2D eigenvalue weighted by Gasteiger charge is -2.19. The largest absolute Gasteiger partial charge is 0.373 e. The number of nitrogens with zero attached hydrogens (tertiary/aromatic N) is 1. The number of anilines is 1. The molecule has 4 heteroatoms. The lowest BCUT2D eigenvalue weighted by atomic mass is 10.3. The molecule has 0 bridgehead atoms. The van der Waals surface area contributed by atoms with Crippen molar-refractivity contribution in [3.63, 3.8) is 0 Å². The van der Waals surface area contributed by atoms with Crippen LogP contribution < -0.4 is 10.2 Å². The molecule has 0 saturated carbocycles. The van der Waals surface area contributed by atoms with E-state index in [4.69, 9.17) is 0 Å². The molecular formula is C15H19FN2S. The third-order valence-corrected chi connectivity index (χ3v) is 3.97. The summed E-state index contributed by atoms with van der Waals surface area (Å²) >= 11 is 1.82. The Balaban J connectivity index is 1.73. The van der Waals surface area contributed by atoms with Crippen LogP contribution in [0.4, 0.5) is 10.1 Å². The fourth-order valence-corrected chi connectivity index (χ4v) is 2.74. The smallest absolute Gasteiger partial charge is 0.125 e. The van der Waals surface area contributed by atoms with Gasteiger partial charge in [-0.3, -0.25) is 0 Å².